The number of nitrogens with two attached hydrogens (primary N) is 1. The fourth-order valence-corrected chi connectivity index (χ4v) is 5.27. The number of halogens is 1. The zero-order chi connectivity index (χ0) is 22.2. The number of carbonyl (C=O) groups excluding carboxylic acids is 1. The van der Waals surface area contributed by atoms with E-state index in [4.69, 9.17) is 22.3 Å². The fraction of sp³-hybridized carbons (Fsp3) is 0.200. The largest absolute Gasteiger partial charge is 0.397 e. The van der Waals surface area contributed by atoms with Gasteiger partial charge in [-0.2, -0.15) is 0 Å². The first-order chi connectivity index (χ1) is 15.5. The van der Waals surface area contributed by atoms with E-state index >= 15 is 0 Å². The second kappa shape index (κ2) is 8.54. The molecule has 2 aromatic heterocycles. The Balaban J connectivity index is 1.41. The molecule has 3 N–H and O–H groups in total. The molecule has 1 aliphatic heterocycles. The van der Waals surface area contributed by atoms with Crippen LogP contribution in [0.3, 0.4) is 0 Å². The first kappa shape index (κ1) is 20.9. The Labute approximate surface area is 195 Å². The molecule has 32 heavy (non-hydrogen) atoms. The number of nitrogen functional groups attached to an aromatic ring is 1. The van der Waals surface area contributed by atoms with Gasteiger partial charge in [-0.25, -0.2) is 4.98 Å². The predicted octanol–water partition coefficient (Wildman–Crippen LogP) is 5.65. The molecular weight excluding hydrogens is 440 g/mol. The van der Waals surface area contributed by atoms with Crippen LogP contribution in [0, 0.1) is 6.92 Å². The van der Waals surface area contributed by atoms with Crippen LogP contribution in [-0.4, -0.2) is 22.3 Å². The first-order valence-corrected chi connectivity index (χ1v) is 11.7. The lowest BCUT2D eigenvalue weighted by molar-refractivity contribution is 0.103. The van der Waals surface area contributed by atoms with Crippen LogP contribution >= 0.6 is 22.9 Å². The minimum absolute atomic E-state index is 0.237. The van der Waals surface area contributed by atoms with Crippen molar-refractivity contribution in [1.82, 2.24) is 9.88 Å². The molecule has 0 fully saturated rings. The highest BCUT2D eigenvalue weighted by atomic mass is 35.5. The standard InChI is InChI=1S/C25H23ClN4OS/c1-15-7-8-18(26)12-21(15)28-24(31)23-22(27)19-11-17-14-30(13-16-5-3-2-4-6-16)10-9-20(17)29-25(19)32-23/h2-8,11-12H,9-10,13-14,27H2,1H3,(H,28,31). The minimum Gasteiger partial charge on any atom is -0.397 e. The zero-order valence-electron chi connectivity index (χ0n) is 17.7. The molecule has 0 spiro atoms. The number of aromatic nitrogens is 1. The Morgan fingerprint density at radius 3 is 2.84 bits per heavy atom. The monoisotopic (exact) mass is 462 g/mol. The quantitative estimate of drug-likeness (QED) is 0.411. The van der Waals surface area contributed by atoms with Gasteiger partial charge in [0.15, 0.2) is 0 Å². The number of benzene rings is 2. The van der Waals surface area contributed by atoms with Crippen molar-refractivity contribution in [3.63, 3.8) is 0 Å². The van der Waals surface area contributed by atoms with Crippen molar-refractivity contribution in [2.45, 2.75) is 26.4 Å². The third-order valence-corrected chi connectivity index (χ3v) is 7.20. The summed E-state index contributed by atoms with van der Waals surface area (Å²) in [5.41, 5.74) is 12.1. The molecule has 0 unspecified atom stereocenters. The van der Waals surface area contributed by atoms with Crippen LogP contribution in [0.2, 0.25) is 5.02 Å². The van der Waals surface area contributed by atoms with Gasteiger partial charge in [0, 0.05) is 47.8 Å². The smallest absolute Gasteiger partial charge is 0.267 e. The number of fused-ring (bicyclic) bond motifs is 2. The van der Waals surface area contributed by atoms with Gasteiger partial charge < -0.3 is 11.1 Å². The molecule has 0 bridgehead atoms. The van der Waals surface area contributed by atoms with Crippen molar-refractivity contribution in [2.24, 2.45) is 0 Å². The van der Waals surface area contributed by atoms with Gasteiger partial charge in [-0.15, -0.1) is 11.3 Å². The molecule has 0 radical (unpaired) electrons. The van der Waals surface area contributed by atoms with Gasteiger partial charge in [-0.3, -0.25) is 9.69 Å². The Morgan fingerprint density at radius 1 is 1.22 bits per heavy atom. The van der Waals surface area contributed by atoms with E-state index in [2.05, 4.69) is 40.5 Å². The maximum absolute atomic E-state index is 13.0. The van der Waals surface area contributed by atoms with E-state index in [1.165, 1.54) is 22.5 Å². The number of pyridine rings is 1. The number of thiophene rings is 1. The third kappa shape index (κ3) is 4.09. The summed E-state index contributed by atoms with van der Waals surface area (Å²) in [7, 11) is 0. The second-order valence-corrected chi connectivity index (χ2v) is 9.59. The fourth-order valence-electron chi connectivity index (χ4n) is 4.11. The van der Waals surface area contributed by atoms with Gasteiger partial charge in [0.05, 0.1) is 5.69 Å². The van der Waals surface area contributed by atoms with Gasteiger partial charge in [-0.1, -0.05) is 48.0 Å². The highest BCUT2D eigenvalue weighted by Crippen LogP contribution is 2.36. The average Bonchev–Trinajstić information content (AvgIpc) is 3.11. The number of nitrogens with zero attached hydrogens (tertiary/aromatic N) is 2. The van der Waals surface area contributed by atoms with Crippen molar-refractivity contribution in [3.8, 4) is 0 Å². The van der Waals surface area contributed by atoms with E-state index in [1.807, 2.05) is 19.1 Å². The number of nitrogens with one attached hydrogen (secondary N) is 1. The molecule has 7 heteroatoms. The summed E-state index contributed by atoms with van der Waals surface area (Å²) in [5, 5.41) is 4.37. The summed E-state index contributed by atoms with van der Waals surface area (Å²) in [6.07, 6.45) is 0.888. The van der Waals surface area contributed by atoms with Gasteiger partial charge in [-0.05, 0) is 41.8 Å². The first-order valence-electron chi connectivity index (χ1n) is 10.5. The van der Waals surface area contributed by atoms with Crippen LogP contribution in [-0.2, 0) is 19.5 Å². The topological polar surface area (TPSA) is 71.2 Å². The maximum atomic E-state index is 13.0. The van der Waals surface area contributed by atoms with E-state index in [1.54, 1.807) is 12.1 Å². The number of hydrogen-bond acceptors (Lipinski definition) is 5. The molecule has 5 nitrogen and oxygen atoms in total. The Morgan fingerprint density at radius 2 is 2.03 bits per heavy atom. The molecular formula is C25H23ClN4OS. The average molecular weight is 463 g/mol. The van der Waals surface area contributed by atoms with Gasteiger partial charge in [0.2, 0.25) is 0 Å². The van der Waals surface area contributed by atoms with Crippen LogP contribution in [0.1, 0.15) is 32.1 Å². The molecule has 4 aromatic rings. The van der Waals surface area contributed by atoms with Crippen molar-refractivity contribution in [1.29, 1.82) is 0 Å². The number of hydrogen-bond donors (Lipinski definition) is 2. The van der Waals surface area contributed by atoms with E-state index in [0.29, 0.717) is 21.3 Å². The van der Waals surface area contributed by atoms with Crippen molar-refractivity contribution in [3.05, 3.63) is 86.9 Å². The van der Waals surface area contributed by atoms with E-state index in [0.717, 1.165) is 47.5 Å². The summed E-state index contributed by atoms with van der Waals surface area (Å²) in [4.78, 5) is 21.6. The van der Waals surface area contributed by atoms with Crippen LogP contribution in [0.15, 0.2) is 54.6 Å². The van der Waals surface area contributed by atoms with Crippen LogP contribution < -0.4 is 11.1 Å². The lowest BCUT2D eigenvalue weighted by Gasteiger charge is -2.28. The lowest BCUT2D eigenvalue weighted by Crippen LogP contribution is -2.30. The number of aryl methyl sites for hydroxylation is 1. The van der Waals surface area contributed by atoms with Crippen molar-refractivity contribution >= 4 is 50.4 Å². The van der Waals surface area contributed by atoms with Gasteiger partial charge >= 0.3 is 0 Å². The van der Waals surface area contributed by atoms with Crippen LogP contribution in [0.5, 0.6) is 0 Å². The highest BCUT2D eigenvalue weighted by Gasteiger charge is 2.23. The van der Waals surface area contributed by atoms with Crippen LogP contribution in [0.25, 0.3) is 10.2 Å². The molecule has 0 saturated carbocycles. The Hall–Kier alpha value is -2.93. The summed E-state index contributed by atoms with van der Waals surface area (Å²) >= 11 is 7.43. The van der Waals surface area contributed by atoms with Crippen LogP contribution in [0.4, 0.5) is 11.4 Å². The molecule has 0 saturated heterocycles. The molecule has 5 rings (SSSR count). The normalized spacial score (nSPS) is 13.8. The SMILES string of the molecule is Cc1ccc(Cl)cc1NC(=O)c1sc2nc3c(cc2c1N)CN(Cc1ccccc1)CC3. The Bertz CT molecular complexity index is 1320. The predicted molar refractivity (Wildman–Crippen MR) is 132 cm³/mol. The van der Waals surface area contributed by atoms with Gasteiger partial charge in [0.25, 0.3) is 5.91 Å². The number of amides is 1. The molecule has 1 aliphatic rings. The molecule has 3 heterocycles. The lowest BCUT2D eigenvalue weighted by atomic mass is 10.0. The molecule has 2 aromatic carbocycles. The zero-order valence-corrected chi connectivity index (χ0v) is 19.3. The van der Waals surface area contributed by atoms with E-state index in [-0.39, 0.29) is 5.91 Å². The number of anilines is 2. The molecule has 0 atom stereocenters. The summed E-state index contributed by atoms with van der Waals surface area (Å²) in [5.74, 6) is -0.237. The molecule has 162 valence electrons. The number of carbonyl (C=O) groups is 1. The summed E-state index contributed by atoms with van der Waals surface area (Å²) in [6, 6.07) is 18.0. The summed E-state index contributed by atoms with van der Waals surface area (Å²) < 4.78 is 0. The minimum atomic E-state index is -0.237. The van der Waals surface area contributed by atoms with Crippen molar-refractivity contribution < 1.29 is 4.79 Å². The second-order valence-electron chi connectivity index (χ2n) is 8.15. The van der Waals surface area contributed by atoms with E-state index < -0.39 is 0 Å². The molecule has 0 aliphatic carbocycles. The van der Waals surface area contributed by atoms with Gasteiger partial charge in [0.1, 0.15) is 9.71 Å². The maximum Gasteiger partial charge on any atom is 0.267 e. The molecule has 1 amide bonds. The highest BCUT2D eigenvalue weighted by molar-refractivity contribution is 7.21. The van der Waals surface area contributed by atoms with Crippen molar-refractivity contribution in [2.75, 3.05) is 17.6 Å². The third-order valence-electron chi connectivity index (χ3n) is 5.85. The Kier molecular flexibility index (Phi) is 5.59. The summed E-state index contributed by atoms with van der Waals surface area (Å²) in [6.45, 7) is 4.62. The number of rotatable bonds is 4. The van der Waals surface area contributed by atoms with E-state index in [9.17, 15) is 4.79 Å².